The highest BCUT2D eigenvalue weighted by Crippen LogP contribution is 2.25. The van der Waals surface area contributed by atoms with Crippen LogP contribution in [0.2, 0.25) is 0 Å². The van der Waals surface area contributed by atoms with Crippen molar-refractivity contribution in [2.24, 2.45) is 0 Å². The molecule has 0 amide bonds. The van der Waals surface area contributed by atoms with Crippen LogP contribution in [-0.4, -0.2) is 26.4 Å². The second-order valence-corrected chi connectivity index (χ2v) is 11.4. The van der Waals surface area contributed by atoms with E-state index in [-0.39, 0.29) is 10.3 Å². The molecule has 4 nitrogen and oxygen atoms in total. The first-order valence-corrected chi connectivity index (χ1v) is 12.8. The topological polar surface area (TPSA) is 49.4 Å². The van der Waals surface area contributed by atoms with Gasteiger partial charge in [0.2, 0.25) is 0 Å². The fourth-order valence-corrected chi connectivity index (χ4v) is 5.25. The molecule has 0 saturated heterocycles. The number of hydrogen-bond donors (Lipinski definition) is 1. The lowest BCUT2D eigenvalue weighted by molar-refractivity contribution is 0.257. The largest absolute Gasteiger partial charge is 0.298 e. The van der Waals surface area contributed by atoms with E-state index in [1.807, 2.05) is 6.07 Å². The molecule has 0 radical (unpaired) electrons. The highest BCUT2D eigenvalue weighted by molar-refractivity contribution is 7.92. The number of benzene rings is 3. The highest BCUT2D eigenvalue weighted by Gasteiger charge is 2.21. The van der Waals surface area contributed by atoms with Gasteiger partial charge in [0.05, 0.1) is 4.90 Å². The van der Waals surface area contributed by atoms with Crippen LogP contribution in [0, 0.1) is 5.82 Å². The maximum atomic E-state index is 13.1. The van der Waals surface area contributed by atoms with Gasteiger partial charge in [0.1, 0.15) is 5.82 Å². The molecule has 1 heterocycles. The van der Waals surface area contributed by atoms with Gasteiger partial charge in [0, 0.05) is 25.3 Å². The van der Waals surface area contributed by atoms with E-state index in [1.165, 1.54) is 41.0 Å². The van der Waals surface area contributed by atoms with Gasteiger partial charge in [-0.15, -0.1) is 0 Å². The van der Waals surface area contributed by atoms with Gasteiger partial charge in [-0.2, -0.15) is 0 Å². The minimum atomic E-state index is -3.72. The van der Waals surface area contributed by atoms with Crippen LogP contribution in [-0.2, 0) is 34.8 Å². The summed E-state index contributed by atoms with van der Waals surface area (Å²) in [5.41, 5.74) is 5.43. The number of anilines is 1. The van der Waals surface area contributed by atoms with Crippen LogP contribution in [0.25, 0.3) is 0 Å². The van der Waals surface area contributed by atoms with Gasteiger partial charge in [-0.1, -0.05) is 51.1 Å². The zero-order valence-electron chi connectivity index (χ0n) is 19.4. The van der Waals surface area contributed by atoms with Crippen molar-refractivity contribution in [3.63, 3.8) is 0 Å². The Balaban J connectivity index is 1.38. The van der Waals surface area contributed by atoms with Gasteiger partial charge in [-0.25, -0.2) is 12.8 Å². The number of nitrogens with one attached hydrogen (secondary N) is 1. The van der Waals surface area contributed by atoms with E-state index in [0.29, 0.717) is 5.69 Å². The number of hydrogen-bond acceptors (Lipinski definition) is 3. The monoisotopic (exact) mass is 466 g/mol. The maximum Gasteiger partial charge on any atom is 0.261 e. The molecule has 33 heavy (non-hydrogen) atoms. The summed E-state index contributed by atoms with van der Waals surface area (Å²) in [5, 5.41) is 0. The predicted molar refractivity (Wildman–Crippen MR) is 131 cm³/mol. The molecule has 0 unspecified atom stereocenters. The van der Waals surface area contributed by atoms with Gasteiger partial charge in [-0.05, 0) is 76.9 Å². The summed E-state index contributed by atoms with van der Waals surface area (Å²) in [5.74, 6) is -0.404. The Labute approximate surface area is 196 Å². The lowest BCUT2D eigenvalue weighted by atomic mass is 9.86. The molecule has 6 heteroatoms. The van der Waals surface area contributed by atoms with Crippen molar-refractivity contribution in [1.29, 1.82) is 0 Å². The average Bonchev–Trinajstić information content (AvgIpc) is 2.78. The molecule has 0 atom stereocenters. The third-order valence-corrected chi connectivity index (χ3v) is 7.59. The molecule has 1 aliphatic rings. The summed E-state index contributed by atoms with van der Waals surface area (Å²) >= 11 is 0. The van der Waals surface area contributed by atoms with Crippen LogP contribution in [0.15, 0.2) is 71.6 Å². The Morgan fingerprint density at radius 2 is 1.64 bits per heavy atom. The zero-order chi connectivity index (χ0) is 23.6. The Kier molecular flexibility index (Phi) is 6.59. The first-order chi connectivity index (χ1) is 15.6. The van der Waals surface area contributed by atoms with Crippen molar-refractivity contribution in [1.82, 2.24) is 4.90 Å². The smallest absolute Gasteiger partial charge is 0.261 e. The van der Waals surface area contributed by atoms with Crippen molar-refractivity contribution in [2.75, 3.05) is 17.8 Å². The molecule has 4 rings (SSSR count). The maximum absolute atomic E-state index is 13.1. The molecule has 1 aliphatic heterocycles. The van der Waals surface area contributed by atoms with E-state index in [4.69, 9.17) is 0 Å². The molecular weight excluding hydrogens is 435 g/mol. The molecule has 174 valence electrons. The third-order valence-electron chi connectivity index (χ3n) is 6.21. The summed E-state index contributed by atoms with van der Waals surface area (Å²) in [7, 11) is -3.72. The fraction of sp³-hybridized carbons (Fsp3) is 0.333. The van der Waals surface area contributed by atoms with Crippen molar-refractivity contribution in [2.45, 2.75) is 50.5 Å². The van der Waals surface area contributed by atoms with Crippen LogP contribution in [0.5, 0.6) is 0 Å². The summed E-state index contributed by atoms with van der Waals surface area (Å²) in [4.78, 5) is 2.66. The fourth-order valence-electron chi connectivity index (χ4n) is 4.14. The van der Waals surface area contributed by atoms with Crippen LogP contribution in [0.3, 0.4) is 0 Å². The Morgan fingerprint density at radius 3 is 2.30 bits per heavy atom. The number of halogens is 1. The van der Waals surface area contributed by atoms with Crippen LogP contribution < -0.4 is 4.72 Å². The number of rotatable bonds is 6. The highest BCUT2D eigenvalue weighted by atomic mass is 32.2. The van der Waals surface area contributed by atoms with E-state index in [0.717, 1.165) is 38.0 Å². The molecule has 0 bridgehead atoms. The summed E-state index contributed by atoms with van der Waals surface area (Å²) in [6.45, 7) is 9.37. The van der Waals surface area contributed by atoms with Gasteiger partial charge >= 0.3 is 0 Å². The average molecular weight is 467 g/mol. The Morgan fingerprint density at radius 1 is 0.939 bits per heavy atom. The predicted octanol–water partition coefficient (Wildman–Crippen LogP) is 5.52. The number of fused-ring (bicyclic) bond motifs is 1. The van der Waals surface area contributed by atoms with Crippen LogP contribution in [0.4, 0.5) is 10.1 Å². The van der Waals surface area contributed by atoms with Crippen molar-refractivity contribution >= 4 is 15.7 Å². The quantitative estimate of drug-likeness (QED) is 0.520. The molecule has 1 N–H and O–H groups in total. The second-order valence-electron chi connectivity index (χ2n) is 9.77. The van der Waals surface area contributed by atoms with E-state index in [9.17, 15) is 12.8 Å². The Bertz CT molecular complexity index is 1210. The molecule has 3 aromatic rings. The normalized spacial score (nSPS) is 14.7. The molecular formula is C27H31FN2O2S. The lowest BCUT2D eigenvalue weighted by Crippen LogP contribution is -2.32. The van der Waals surface area contributed by atoms with Crippen LogP contribution in [0.1, 0.15) is 43.0 Å². The molecule has 3 aromatic carbocycles. The summed E-state index contributed by atoms with van der Waals surface area (Å²) in [6.07, 6.45) is 1.81. The second kappa shape index (κ2) is 9.27. The van der Waals surface area contributed by atoms with Gasteiger partial charge in [0.15, 0.2) is 0 Å². The van der Waals surface area contributed by atoms with Crippen molar-refractivity contribution in [3.05, 3.63) is 94.8 Å². The molecule has 0 saturated carbocycles. The van der Waals surface area contributed by atoms with Crippen molar-refractivity contribution < 1.29 is 12.8 Å². The van der Waals surface area contributed by atoms with E-state index in [2.05, 4.69) is 54.7 Å². The molecule has 0 aromatic heterocycles. The summed E-state index contributed by atoms with van der Waals surface area (Å²) < 4.78 is 41.1. The Hall–Kier alpha value is -2.70. The summed E-state index contributed by atoms with van der Waals surface area (Å²) in [6, 6.07) is 19.5. The van der Waals surface area contributed by atoms with E-state index < -0.39 is 15.8 Å². The standard InChI is InChI=1S/C27H31FN2O2S/c1-27(2,3)23-7-4-20(5-8-23)14-16-30-17-15-21-18-26(13-6-22(21)19-30)33(31,32)29-25-11-9-24(28)10-12-25/h4-13,18,29H,14-17,19H2,1-3H3. The SMILES string of the molecule is CC(C)(C)c1ccc(CCN2CCc3cc(S(=O)(=O)Nc4ccc(F)cc4)ccc3C2)cc1. The van der Waals surface area contributed by atoms with E-state index >= 15 is 0 Å². The van der Waals surface area contributed by atoms with Gasteiger partial charge < -0.3 is 0 Å². The lowest BCUT2D eigenvalue weighted by Gasteiger charge is -2.29. The molecule has 0 spiro atoms. The number of nitrogens with zero attached hydrogens (tertiary/aromatic N) is 1. The zero-order valence-corrected chi connectivity index (χ0v) is 20.3. The first-order valence-electron chi connectivity index (χ1n) is 11.3. The van der Waals surface area contributed by atoms with Gasteiger partial charge in [0.25, 0.3) is 10.0 Å². The van der Waals surface area contributed by atoms with Crippen molar-refractivity contribution in [3.8, 4) is 0 Å². The van der Waals surface area contributed by atoms with Gasteiger partial charge in [-0.3, -0.25) is 9.62 Å². The molecule has 0 fully saturated rings. The minimum Gasteiger partial charge on any atom is -0.298 e. The van der Waals surface area contributed by atoms with E-state index in [1.54, 1.807) is 12.1 Å². The first kappa shape index (κ1) is 23.5. The van der Waals surface area contributed by atoms with Crippen LogP contribution >= 0.6 is 0 Å². The third kappa shape index (κ3) is 5.81. The minimum absolute atomic E-state index is 0.163. The molecule has 0 aliphatic carbocycles. The number of sulfonamides is 1.